The average Bonchev–Trinajstić information content (AvgIpc) is 2.59. The molecule has 6 heteroatoms. The Labute approximate surface area is 148 Å². The Bertz CT molecular complexity index is 595. The van der Waals surface area contributed by atoms with Gasteiger partial charge in [-0.1, -0.05) is 12.1 Å². The number of benzene rings is 1. The van der Waals surface area contributed by atoms with E-state index in [0.29, 0.717) is 13.2 Å². The van der Waals surface area contributed by atoms with Crippen molar-refractivity contribution in [3.63, 3.8) is 0 Å². The lowest BCUT2D eigenvalue weighted by atomic mass is 10.1. The normalized spacial score (nSPS) is 15.0. The molecule has 1 saturated heterocycles. The highest BCUT2D eigenvalue weighted by atomic mass is 16.5. The van der Waals surface area contributed by atoms with E-state index in [4.69, 9.17) is 14.6 Å². The molecule has 0 spiro atoms. The Hall–Kier alpha value is -2.08. The summed E-state index contributed by atoms with van der Waals surface area (Å²) in [6.07, 6.45) is 1.71. The predicted molar refractivity (Wildman–Crippen MR) is 93.8 cm³/mol. The first-order chi connectivity index (χ1) is 12.0. The third-order valence-corrected chi connectivity index (χ3v) is 4.44. The zero-order chi connectivity index (χ0) is 18.2. The first-order valence-corrected chi connectivity index (χ1v) is 8.76. The van der Waals surface area contributed by atoms with Crippen LogP contribution in [0.5, 0.6) is 5.75 Å². The van der Waals surface area contributed by atoms with Crippen LogP contribution in [-0.2, 0) is 14.3 Å². The van der Waals surface area contributed by atoms with Crippen molar-refractivity contribution < 1.29 is 24.2 Å². The van der Waals surface area contributed by atoms with Gasteiger partial charge >= 0.3 is 5.97 Å². The molecule has 0 bridgehead atoms. The summed E-state index contributed by atoms with van der Waals surface area (Å²) in [7, 11) is 0. The van der Waals surface area contributed by atoms with Crippen molar-refractivity contribution in [2.45, 2.75) is 45.6 Å². The minimum Gasteiger partial charge on any atom is -0.493 e. The third kappa shape index (κ3) is 6.05. The number of ether oxygens (including phenoxy) is 2. The van der Waals surface area contributed by atoms with Crippen molar-refractivity contribution in [2.75, 3.05) is 26.4 Å². The molecule has 0 unspecified atom stereocenters. The van der Waals surface area contributed by atoms with E-state index in [9.17, 15) is 9.59 Å². The summed E-state index contributed by atoms with van der Waals surface area (Å²) < 4.78 is 11.1. The zero-order valence-electron chi connectivity index (χ0n) is 15.0. The van der Waals surface area contributed by atoms with Crippen LogP contribution >= 0.6 is 0 Å². The van der Waals surface area contributed by atoms with Crippen LogP contribution in [0.15, 0.2) is 18.2 Å². The summed E-state index contributed by atoms with van der Waals surface area (Å²) >= 11 is 0. The molecule has 0 saturated carbocycles. The molecule has 2 rings (SSSR count). The highest BCUT2D eigenvalue weighted by molar-refractivity contribution is 5.77. The molecule has 1 aromatic carbocycles. The van der Waals surface area contributed by atoms with Crippen LogP contribution in [0.25, 0.3) is 0 Å². The molecule has 1 aliphatic heterocycles. The smallest absolute Gasteiger partial charge is 0.305 e. The molecular formula is C19H27NO5. The lowest BCUT2D eigenvalue weighted by molar-refractivity contribution is -0.140. The van der Waals surface area contributed by atoms with Gasteiger partial charge in [0, 0.05) is 25.8 Å². The summed E-state index contributed by atoms with van der Waals surface area (Å²) in [5, 5.41) is 8.94. The van der Waals surface area contributed by atoms with Crippen molar-refractivity contribution in [3.8, 4) is 5.75 Å². The average molecular weight is 349 g/mol. The van der Waals surface area contributed by atoms with Crippen LogP contribution < -0.4 is 4.74 Å². The first-order valence-electron chi connectivity index (χ1n) is 8.76. The Morgan fingerprint density at radius 1 is 1.24 bits per heavy atom. The van der Waals surface area contributed by atoms with Gasteiger partial charge in [0.15, 0.2) is 0 Å². The fraction of sp³-hybridized carbons (Fsp3) is 0.579. The summed E-state index contributed by atoms with van der Waals surface area (Å²) in [5.41, 5.74) is 2.14. The standard InChI is InChI=1S/C19H27NO5/c1-14-3-4-15(2)17(13-14)25-12-8-18(21)20(9-5-19(22)23)16-6-10-24-11-7-16/h3-4,13,16H,5-12H2,1-2H3,(H,22,23). The van der Waals surface area contributed by atoms with Gasteiger partial charge in [-0.2, -0.15) is 0 Å². The van der Waals surface area contributed by atoms with Crippen molar-refractivity contribution in [2.24, 2.45) is 0 Å². The Morgan fingerprint density at radius 2 is 1.96 bits per heavy atom. The third-order valence-electron chi connectivity index (χ3n) is 4.44. The van der Waals surface area contributed by atoms with Gasteiger partial charge in [0.25, 0.3) is 0 Å². The maximum atomic E-state index is 12.6. The van der Waals surface area contributed by atoms with Gasteiger partial charge in [-0.3, -0.25) is 9.59 Å². The number of aryl methyl sites for hydroxylation is 2. The second-order valence-electron chi connectivity index (χ2n) is 6.44. The molecule has 0 aromatic heterocycles. The number of rotatable bonds is 8. The van der Waals surface area contributed by atoms with Crippen LogP contribution in [0.3, 0.4) is 0 Å². The molecule has 138 valence electrons. The number of nitrogens with zero attached hydrogens (tertiary/aromatic N) is 1. The van der Waals surface area contributed by atoms with Gasteiger partial charge in [-0.05, 0) is 43.9 Å². The van der Waals surface area contributed by atoms with Crippen molar-refractivity contribution in [3.05, 3.63) is 29.3 Å². The number of amides is 1. The Morgan fingerprint density at radius 3 is 2.64 bits per heavy atom. The van der Waals surface area contributed by atoms with Crippen molar-refractivity contribution in [1.29, 1.82) is 0 Å². The van der Waals surface area contributed by atoms with Gasteiger partial charge in [-0.25, -0.2) is 0 Å². The number of aliphatic carboxylic acids is 1. The molecule has 25 heavy (non-hydrogen) atoms. The first kappa shape index (κ1) is 19.2. The second kappa shape index (κ2) is 9.42. The number of carbonyl (C=O) groups excluding carboxylic acids is 1. The molecule has 1 N–H and O–H groups in total. The maximum Gasteiger partial charge on any atom is 0.305 e. The topological polar surface area (TPSA) is 76.1 Å². The number of carboxylic acid groups (broad SMARTS) is 1. The molecule has 1 amide bonds. The number of hydrogen-bond donors (Lipinski definition) is 1. The molecule has 6 nitrogen and oxygen atoms in total. The SMILES string of the molecule is Cc1ccc(C)c(OCCC(=O)N(CCC(=O)O)C2CCOCC2)c1. The van der Waals surface area contributed by atoms with Crippen LogP contribution in [0.4, 0.5) is 0 Å². The molecule has 0 aliphatic carbocycles. The predicted octanol–water partition coefficient (Wildman–Crippen LogP) is 2.55. The highest BCUT2D eigenvalue weighted by Crippen LogP contribution is 2.20. The van der Waals surface area contributed by atoms with E-state index >= 15 is 0 Å². The fourth-order valence-electron chi connectivity index (χ4n) is 2.98. The van der Waals surface area contributed by atoms with Gasteiger partial charge in [-0.15, -0.1) is 0 Å². The van der Waals surface area contributed by atoms with Crippen LogP contribution in [-0.4, -0.2) is 54.3 Å². The van der Waals surface area contributed by atoms with Crippen LogP contribution in [0.2, 0.25) is 0 Å². The van der Waals surface area contributed by atoms with E-state index in [-0.39, 0.29) is 37.9 Å². The zero-order valence-corrected chi connectivity index (χ0v) is 15.0. The molecule has 0 radical (unpaired) electrons. The number of hydrogen-bond acceptors (Lipinski definition) is 4. The lowest BCUT2D eigenvalue weighted by Gasteiger charge is -2.34. The summed E-state index contributed by atoms with van der Waals surface area (Å²) in [5.74, 6) is -0.161. The monoisotopic (exact) mass is 349 g/mol. The minimum absolute atomic E-state index is 0.0407. The molecular weight excluding hydrogens is 322 g/mol. The van der Waals surface area contributed by atoms with Crippen LogP contribution in [0, 0.1) is 13.8 Å². The van der Waals surface area contributed by atoms with E-state index < -0.39 is 5.97 Å². The van der Waals surface area contributed by atoms with Gasteiger partial charge in [0.05, 0.1) is 19.4 Å². The molecule has 1 aliphatic rings. The van der Waals surface area contributed by atoms with E-state index in [2.05, 4.69) is 0 Å². The van der Waals surface area contributed by atoms with E-state index in [1.165, 1.54) is 0 Å². The molecule has 1 fully saturated rings. The molecule has 1 heterocycles. The van der Waals surface area contributed by atoms with Crippen molar-refractivity contribution >= 4 is 11.9 Å². The van der Waals surface area contributed by atoms with E-state index in [0.717, 1.165) is 29.7 Å². The number of carbonyl (C=O) groups is 2. The summed E-state index contributed by atoms with van der Waals surface area (Å²) in [6, 6.07) is 6.03. The Balaban J connectivity index is 1.91. The van der Waals surface area contributed by atoms with Gasteiger partial charge < -0.3 is 19.5 Å². The second-order valence-corrected chi connectivity index (χ2v) is 6.44. The highest BCUT2D eigenvalue weighted by Gasteiger charge is 2.26. The number of carboxylic acids is 1. The summed E-state index contributed by atoms with van der Waals surface area (Å²) in [4.78, 5) is 25.2. The van der Waals surface area contributed by atoms with Crippen LogP contribution in [0.1, 0.15) is 36.8 Å². The van der Waals surface area contributed by atoms with Crippen molar-refractivity contribution in [1.82, 2.24) is 4.90 Å². The van der Waals surface area contributed by atoms with E-state index in [1.807, 2.05) is 32.0 Å². The molecule has 0 atom stereocenters. The minimum atomic E-state index is -0.892. The lowest BCUT2D eigenvalue weighted by Crippen LogP contribution is -2.44. The largest absolute Gasteiger partial charge is 0.493 e. The van der Waals surface area contributed by atoms with Gasteiger partial charge in [0.2, 0.25) is 5.91 Å². The maximum absolute atomic E-state index is 12.6. The summed E-state index contributed by atoms with van der Waals surface area (Å²) in [6.45, 7) is 5.72. The molecule has 1 aromatic rings. The Kier molecular flexibility index (Phi) is 7.25. The quantitative estimate of drug-likeness (QED) is 0.780. The van der Waals surface area contributed by atoms with Gasteiger partial charge in [0.1, 0.15) is 5.75 Å². The van der Waals surface area contributed by atoms with E-state index in [1.54, 1.807) is 4.90 Å². The fourth-order valence-corrected chi connectivity index (χ4v) is 2.98.